The molecule has 0 radical (unpaired) electrons. The van der Waals surface area contributed by atoms with Gasteiger partial charge in [0.1, 0.15) is 5.82 Å². The highest BCUT2D eigenvalue weighted by atomic mass is 16.2. The standard InChI is InChI=1S/C24H22N4O/c29-24(21-11-5-4-10-20(21)18-8-2-1-3-9-18)27-16-13-19(14-17-27)23-26-25-22-12-6-7-15-28(22)23/h1-12,15,19H,13-14,16-17H2. The first-order valence-electron chi connectivity index (χ1n) is 10.0. The van der Waals surface area contributed by atoms with E-state index >= 15 is 0 Å². The van der Waals surface area contributed by atoms with Crippen molar-refractivity contribution >= 4 is 11.6 Å². The first-order chi connectivity index (χ1) is 14.3. The highest BCUT2D eigenvalue weighted by Crippen LogP contribution is 2.30. The van der Waals surface area contributed by atoms with Crippen LogP contribution in [0.1, 0.15) is 34.9 Å². The van der Waals surface area contributed by atoms with Gasteiger partial charge in [-0.05, 0) is 42.2 Å². The largest absolute Gasteiger partial charge is 0.339 e. The fourth-order valence-corrected chi connectivity index (χ4v) is 4.19. The fraction of sp³-hybridized carbons (Fsp3) is 0.208. The number of likely N-dealkylation sites (tertiary alicyclic amines) is 1. The summed E-state index contributed by atoms with van der Waals surface area (Å²) in [5.74, 6) is 1.42. The summed E-state index contributed by atoms with van der Waals surface area (Å²) in [4.78, 5) is 15.3. The van der Waals surface area contributed by atoms with Crippen LogP contribution in [0.4, 0.5) is 0 Å². The van der Waals surface area contributed by atoms with E-state index in [0.717, 1.165) is 54.1 Å². The van der Waals surface area contributed by atoms with Gasteiger partial charge >= 0.3 is 0 Å². The number of carbonyl (C=O) groups is 1. The van der Waals surface area contributed by atoms with Gasteiger partial charge in [0.15, 0.2) is 5.65 Å². The molecule has 0 bridgehead atoms. The molecule has 1 saturated heterocycles. The third-order valence-corrected chi connectivity index (χ3v) is 5.73. The van der Waals surface area contributed by atoms with Gasteiger partial charge in [-0.2, -0.15) is 0 Å². The summed E-state index contributed by atoms with van der Waals surface area (Å²) in [7, 11) is 0. The molecule has 1 aliphatic rings. The monoisotopic (exact) mass is 382 g/mol. The summed E-state index contributed by atoms with van der Waals surface area (Å²) in [6.07, 6.45) is 3.81. The SMILES string of the molecule is O=C(c1ccccc1-c1ccccc1)N1CCC(c2nnc3ccccn23)CC1. The second-order valence-electron chi connectivity index (χ2n) is 7.47. The molecule has 5 nitrogen and oxygen atoms in total. The lowest BCUT2D eigenvalue weighted by Gasteiger charge is -2.31. The molecule has 29 heavy (non-hydrogen) atoms. The van der Waals surface area contributed by atoms with Crippen LogP contribution in [0.5, 0.6) is 0 Å². The number of pyridine rings is 1. The zero-order valence-corrected chi connectivity index (χ0v) is 16.1. The van der Waals surface area contributed by atoms with E-state index in [0.29, 0.717) is 5.92 Å². The zero-order valence-electron chi connectivity index (χ0n) is 16.1. The van der Waals surface area contributed by atoms with Crippen molar-refractivity contribution in [2.75, 3.05) is 13.1 Å². The van der Waals surface area contributed by atoms with Gasteiger partial charge in [-0.3, -0.25) is 9.20 Å². The molecule has 0 atom stereocenters. The van der Waals surface area contributed by atoms with E-state index in [1.807, 2.05) is 71.8 Å². The second-order valence-corrected chi connectivity index (χ2v) is 7.47. The Balaban J connectivity index is 1.35. The third-order valence-electron chi connectivity index (χ3n) is 5.73. The molecule has 0 unspecified atom stereocenters. The molecule has 0 aliphatic carbocycles. The van der Waals surface area contributed by atoms with Gasteiger partial charge in [0, 0.05) is 30.8 Å². The quantitative estimate of drug-likeness (QED) is 0.527. The lowest BCUT2D eigenvalue weighted by atomic mass is 9.94. The van der Waals surface area contributed by atoms with Crippen molar-refractivity contribution in [1.82, 2.24) is 19.5 Å². The Hall–Kier alpha value is -3.47. The zero-order chi connectivity index (χ0) is 19.6. The predicted octanol–water partition coefficient (Wildman–Crippen LogP) is 4.42. The van der Waals surface area contributed by atoms with E-state index in [1.54, 1.807) is 0 Å². The number of carbonyl (C=O) groups excluding carboxylic acids is 1. The van der Waals surface area contributed by atoms with E-state index in [1.165, 1.54) is 0 Å². The minimum absolute atomic E-state index is 0.106. The molecule has 1 aliphatic heterocycles. The minimum atomic E-state index is 0.106. The Morgan fingerprint density at radius 2 is 1.55 bits per heavy atom. The topological polar surface area (TPSA) is 50.5 Å². The van der Waals surface area contributed by atoms with Gasteiger partial charge in [-0.1, -0.05) is 54.6 Å². The molecule has 1 amide bonds. The van der Waals surface area contributed by atoms with Crippen LogP contribution in [0.3, 0.4) is 0 Å². The Morgan fingerprint density at radius 3 is 2.38 bits per heavy atom. The predicted molar refractivity (Wildman–Crippen MR) is 113 cm³/mol. The lowest BCUT2D eigenvalue weighted by Crippen LogP contribution is -2.38. The van der Waals surface area contributed by atoms with Gasteiger partial charge in [0.2, 0.25) is 0 Å². The van der Waals surface area contributed by atoms with Crippen LogP contribution >= 0.6 is 0 Å². The van der Waals surface area contributed by atoms with Gasteiger partial charge in [0.05, 0.1) is 0 Å². The number of aromatic nitrogens is 3. The number of rotatable bonds is 3. The maximum Gasteiger partial charge on any atom is 0.254 e. The fourth-order valence-electron chi connectivity index (χ4n) is 4.19. The minimum Gasteiger partial charge on any atom is -0.339 e. The molecule has 0 spiro atoms. The van der Waals surface area contributed by atoms with Crippen LogP contribution < -0.4 is 0 Å². The Morgan fingerprint density at radius 1 is 0.828 bits per heavy atom. The van der Waals surface area contributed by atoms with Gasteiger partial charge in [-0.15, -0.1) is 10.2 Å². The summed E-state index contributed by atoms with van der Waals surface area (Å²) in [6.45, 7) is 1.46. The number of nitrogens with zero attached hydrogens (tertiary/aromatic N) is 4. The molecule has 4 aromatic rings. The van der Waals surface area contributed by atoms with Crippen LogP contribution in [0, 0.1) is 0 Å². The van der Waals surface area contributed by atoms with Crippen LogP contribution in [0.15, 0.2) is 79.0 Å². The number of hydrogen-bond donors (Lipinski definition) is 0. The van der Waals surface area contributed by atoms with Crippen molar-refractivity contribution < 1.29 is 4.79 Å². The maximum atomic E-state index is 13.3. The summed E-state index contributed by atoms with van der Waals surface area (Å²) >= 11 is 0. The van der Waals surface area contributed by atoms with E-state index in [-0.39, 0.29) is 5.91 Å². The molecule has 2 aromatic carbocycles. The third kappa shape index (κ3) is 3.29. The average Bonchev–Trinajstić information content (AvgIpc) is 3.23. The summed E-state index contributed by atoms with van der Waals surface area (Å²) in [5.41, 5.74) is 3.70. The van der Waals surface area contributed by atoms with Crippen molar-refractivity contribution in [1.29, 1.82) is 0 Å². The molecule has 3 heterocycles. The van der Waals surface area contributed by atoms with Crippen LogP contribution in [0.2, 0.25) is 0 Å². The van der Waals surface area contributed by atoms with Crippen molar-refractivity contribution in [2.24, 2.45) is 0 Å². The summed E-state index contributed by atoms with van der Waals surface area (Å²) in [5, 5.41) is 8.68. The van der Waals surface area contributed by atoms with Gasteiger partial charge < -0.3 is 4.90 Å². The van der Waals surface area contributed by atoms with Crippen LogP contribution in [-0.2, 0) is 0 Å². The van der Waals surface area contributed by atoms with Crippen molar-refractivity contribution in [2.45, 2.75) is 18.8 Å². The van der Waals surface area contributed by atoms with Crippen molar-refractivity contribution in [3.05, 3.63) is 90.4 Å². The normalized spacial score (nSPS) is 15.0. The average molecular weight is 382 g/mol. The number of benzene rings is 2. The number of piperidine rings is 1. The molecular weight excluding hydrogens is 360 g/mol. The van der Waals surface area contributed by atoms with E-state index < -0.39 is 0 Å². The van der Waals surface area contributed by atoms with Gasteiger partial charge in [-0.25, -0.2) is 0 Å². The molecule has 2 aromatic heterocycles. The van der Waals surface area contributed by atoms with Gasteiger partial charge in [0.25, 0.3) is 5.91 Å². The van der Waals surface area contributed by atoms with E-state index in [4.69, 9.17) is 0 Å². The van der Waals surface area contributed by atoms with Crippen LogP contribution in [0.25, 0.3) is 16.8 Å². The smallest absolute Gasteiger partial charge is 0.254 e. The Bertz CT molecular complexity index is 1140. The maximum absolute atomic E-state index is 13.3. The van der Waals surface area contributed by atoms with E-state index in [9.17, 15) is 4.79 Å². The first kappa shape index (κ1) is 17.6. The van der Waals surface area contributed by atoms with Crippen molar-refractivity contribution in [3.63, 3.8) is 0 Å². The Labute approximate surface area is 169 Å². The number of fused-ring (bicyclic) bond motifs is 1. The molecule has 0 N–H and O–H groups in total. The molecule has 144 valence electrons. The number of amides is 1. The second kappa shape index (κ2) is 7.51. The lowest BCUT2D eigenvalue weighted by molar-refractivity contribution is 0.0711. The summed E-state index contributed by atoms with van der Waals surface area (Å²) < 4.78 is 2.06. The Kier molecular flexibility index (Phi) is 4.56. The number of hydrogen-bond acceptors (Lipinski definition) is 3. The van der Waals surface area contributed by atoms with Crippen LogP contribution in [-0.4, -0.2) is 38.5 Å². The molecular formula is C24H22N4O. The molecule has 5 heteroatoms. The summed E-state index contributed by atoms with van der Waals surface area (Å²) in [6, 6.07) is 23.9. The van der Waals surface area contributed by atoms with Crippen molar-refractivity contribution in [3.8, 4) is 11.1 Å². The highest BCUT2D eigenvalue weighted by Gasteiger charge is 2.28. The molecule has 0 saturated carbocycles. The van der Waals surface area contributed by atoms with E-state index in [2.05, 4.69) is 26.7 Å². The molecule has 5 rings (SSSR count). The molecule has 1 fully saturated rings. The highest BCUT2D eigenvalue weighted by molar-refractivity contribution is 6.00. The first-order valence-corrected chi connectivity index (χ1v) is 10.0.